The molecule has 1 heterocycles. The van der Waals surface area contributed by atoms with Crippen LogP contribution >= 0.6 is 11.6 Å². The molecule has 18 heavy (non-hydrogen) atoms. The van der Waals surface area contributed by atoms with Gasteiger partial charge in [-0.25, -0.2) is 0 Å². The van der Waals surface area contributed by atoms with E-state index in [0.29, 0.717) is 0 Å². The summed E-state index contributed by atoms with van der Waals surface area (Å²) < 4.78 is 5.97. The van der Waals surface area contributed by atoms with Crippen molar-refractivity contribution in [1.29, 1.82) is 0 Å². The Labute approximate surface area is 111 Å². The van der Waals surface area contributed by atoms with E-state index < -0.39 is 0 Å². The number of nitrogens with one attached hydrogen (secondary N) is 1. The van der Waals surface area contributed by atoms with Gasteiger partial charge in [0.25, 0.3) is 0 Å². The number of hydrogen-bond donors (Lipinski definition) is 1. The van der Waals surface area contributed by atoms with Gasteiger partial charge in [0.15, 0.2) is 0 Å². The molecule has 3 heteroatoms. The average Bonchev–Trinajstić information content (AvgIpc) is 2.82. The van der Waals surface area contributed by atoms with Gasteiger partial charge in [-0.05, 0) is 26.1 Å². The number of furan rings is 1. The number of fused-ring (bicyclic) bond motifs is 3. The first kappa shape index (κ1) is 11.6. The molecule has 0 spiro atoms. The molecule has 0 saturated carbocycles. The van der Waals surface area contributed by atoms with Crippen LogP contribution in [0.15, 0.2) is 40.8 Å². The maximum absolute atomic E-state index is 6.30. The van der Waals surface area contributed by atoms with Crippen LogP contribution < -0.4 is 5.32 Å². The normalized spacial score (nSPS) is 13.3. The highest BCUT2D eigenvalue weighted by molar-refractivity contribution is 6.37. The third kappa shape index (κ3) is 1.69. The fourth-order valence-electron chi connectivity index (χ4n) is 2.20. The van der Waals surface area contributed by atoms with E-state index in [0.717, 1.165) is 32.5 Å². The maximum atomic E-state index is 6.30. The van der Waals surface area contributed by atoms with Crippen molar-refractivity contribution < 1.29 is 4.42 Å². The second-order valence-corrected chi connectivity index (χ2v) is 4.89. The zero-order chi connectivity index (χ0) is 12.7. The van der Waals surface area contributed by atoms with E-state index in [1.807, 2.05) is 37.4 Å². The highest BCUT2D eigenvalue weighted by atomic mass is 35.5. The molecule has 2 nitrogen and oxygen atoms in total. The standard InChI is InChI=1S/C15H14ClNO/c1-9(17-2)14-8-10-7-13(16)11-5-3-4-6-12(11)15(10)18-14/h3-9,17H,1-2H3. The SMILES string of the molecule is CNC(C)c1cc2cc(Cl)c3ccccc3c2o1. The summed E-state index contributed by atoms with van der Waals surface area (Å²) in [5, 5.41) is 7.09. The van der Waals surface area contributed by atoms with Crippen molar-refractivity contribution >= 4 is 33.3 Å². The number of hydrogen-bond acceptors (Lipinski definition) is 2. The lowest BCUT2D eigenvalue weighted by Crippen LogP contribution is -2.10. The molecule has 0 radical (unpaired) electrons. The molecule has 0 fully saturated rings. The highest BCUT2D eigenvalue weighted by Gasteiger charge is 2.13. The Morgan fingerprint density at radius 1 is 1.17 bits per heavy atom. The summed E-state index contributed by atoms with van der Waals surface area (Å²) in [4.78, 5) is 0. The molecule has 0 aliphatic rings. The quantitative estimate of drug-likeness (QED) is 0.732. The van der Waals surface area contributed by atoms with Crippen LogP contribution in [0.25, 0.3) is 21.7 Å². The predicted molar refractivity (Wildman–Crippen MR) is 76.2 cm³/mol. The van der Waals surface area contributed by atoms with Crippen molar-refractivity contribution in [3.63, 3.8) is 0 Å². The minimum absolute atomic E-state index is 0.190. The summed E-state index contributed by atoms with van der Waals surface area (Å²) in [5.74, 6) is 0.930. The minimum atomic E-state index is 0.190. The third-order valence-corrected chi connectivity index (χ3v) is 3.66. The van der Waals surface area contributed by atoms with Crippen molar-refractivity contribution in [2.75, 3.05) is 7.05 Å². The van der Waals surface area contributed by atoms with Crippen molar-refractivity contribution in [2.45, 2.75) is 13.0 Å². The maximum Gasteiger partial charge on any atom is 0.142 e. The summed E-state index contributed by atoms with van der Waals surface area (Å²) in [6.45, 7) is 2.07. The van der Waals surface area contributed by atoms with Gasteiger partial charge in [-0.1, -0.05) is 35.9 Å². The van der Waals surface area contributed by atoms with E-state index in [4.69, 9.17) is 16.0 Å². The van der Waals surface area contributed by atoms with Crippen LogP contribution in [0.2, 0.25) is 5.02 Å². The zero-order valence-corrected chi connectivity index (χ0v) is 11.1. The first-order valence-corrected chi connectivity index (χ1v) is 6.36. The van der Waals surface area contributed by atoms with Gasteiger partial charge in [0.1, 0.15) is 11.3 Å². The summed E-state index contributed by atoms with van der Waals surface area (Å²) in [7, 11) is 1.92. The fourth-order valence-corrected chi connectivity index (χ4v) is 2.48. The van der Waals surface area contributed by atoms with Gasteiger partial charge in [-0.2, -0.15) is 0 Å². The van der Waals surface area contributed by atoms with E-state index in [-0.39, 0.29) is 6.04 Å². The smallest absolute Gasteiger partial charge is 0.142 e. The molecule has 2 aromatic carbocycles. The molecule has 0 aliphatic carbocycles. The molecule has 3 aromatic rings. The van der Waals surface area contributed by atoms with E-state index in [1.165, 1.54) is 0 Å². The van der Waals surface area contributed by atoms with Gasteiger partial charge < -0.3 is 9.73 Å². The Kier molecular flexibility index (Phi) is 2.77. The van der Waals surface area contributed by atoms with Crippen LogP contribution in [-0.4, -0.2) is 7.05 Å². The van der Waals surface area contributed by atoms with Crippen molar-refractivity contribution in [3.8, 4) is 0 Å². The van der Waals surface area contributed by atoms with Gasteiger partial charge >= 0.3 is 0 Å². The summed E-state index contributed by atoms with van der Waals surface area (Å²) >= 11 is 6.30. The highest BCUT2D eigenvalue weighted by Crippen LogP contribution is 2.34. The molecule has 0 aliphatic heterocycles. The van der Waals surface area contributed by atoms with Crippen LogP contribution in [0, 0.1) is 0 Å². The van der Waals surface area contributed by atoms with Gasteiger partial charge in [0, 0.05) is 21.2 Å². The van der Waals surface area contributed by atoms with Crippen LogP contribution in [0.1, 0.15) is 18.7 Å². The second-order valence-electron chi connectivity index (χ2n) is 4.48. The van der Waals surface area contributed by atoms with Crippen molar-refractivity contribution in [1.82, 2.24) is 5.32 Å². The Morgan fingerprint density at radius 2 is 1.89 bits per heavy atom. The molecular formula is C15H14ClNO. The van der Waals surface area contributed by atoms with Crippen LogP contribution in [0.4, 0.5) is 0 Å². The number of halogens is 1. The van der Waals surface area contributed by atoms with E-state index in [1.54, 1.807) is 0 Å². The van der Waals surface area contributed by atoms with Crippen LogP contribution in [0.3, 0.4) is 0 Å². The topological polar surface area (TPSA) is 25.2 Å². The van der Waals surface area contributed by atoms with Gasteiger partial charge in [0.2, 0.25) is 0 Å². The lowest BCUT2D eigenvalue weighted by atomic mass is 10.1. The van der Waals surface area contributed by atoms with E-state index >= 15 is 0 Å². The minimum Gasteiger partial charge on any atom is -0.459 e. The Bertz CT molecular complexity index is 717. The van der Waals surface area contributed by atoms with Gasteiger partial charge in [-0.3, -0.25) is 0 Å². The first-order chi connectivity index (χ1) is 8.70. The Balaban J connectivity index is 2.36. The largest absolute Gasteiger partial charge is 0.459 e. The predicted octanol–water partition coefficient (Wildman–Crippen LogP) is 4.52. The Hall–Kier alpha value is -1.51. The van der Waals surface area contributed by atoms with Gasteiger partial charge in [-0.15, -0.1) is 0 Å². The molecule has 0 bridgehead atoms. The third-order valence-electron chi connectivity index (χ3n) is 3.35. The van der Waals surface area contributed by atoms with E-state index in [9.17, 15) is 0 Å². The van der Waals surface area contributed by atoms with Crippen molar-refractivity contribution in [2.24, 2.45) is 0 Å². The molecule has 1 N–H and O–H groups in total. The summed E-state index contributed by atoms with van der Waals surface area (Å²) in [6, 6.07) is 12.3. The van der Waals surface area contributed by atoms with Crippen molar-refractivity contribution in [3.05, 3.63) is 47.2 Å². The number of rotatable bonds is 2. The fraction of sp³-hybridized carbons (Fsp3) is 0.200. The molecule has 0 saturated heterocycles. The summed E-state index contributed by atoms with van der Waals surface area (Å²) in [5.41, 5.74) is 0.909. The molecule has 1 aromatic heterocycles. The number of benzene rings is 2. The molecule has 1 unspecified atom stereocenters. The monoisotopic (exact) mass is 259 g/mol. The second kappa shape index (κ2) is 4.30. The molecular weight excluding hydrogens is 246 g/mol. The molecule has 3 rings (SSSR count). The lowest BCUT2D eigenvalue weighted by Gasteiger charge is -2.04. The first-order valence-electron chi connectivity index (χ1n) is 5.98. The molecule has 1 atom stereocenters. The zero-order valence-electron chi connectivity index (χ0n) is 10.3. The molecule has 0 amide bonds. The van der Waals surface area contributed by atoms with Crippen LogP contribution in [-0.2, 0) is 0 Å². The van der Waals surface area contributed by atoms with E-state index in [2.05, 4.69) is 18.3 Å². The van der Waals surface area contributed by atoms with Crippen LogP contribution in [0.5, 0.6) is 0 Å². The average molecular weight is 260 g/mol. The summed E-state index contributed by atoms with van der Waals surface area (Å²) in [6.07, 6.45) is 0. The Morgan fingerprint density at radius 3 is 2.61 bits per heavy atom. The van der Waals surface area contributed by atoms with Gasteiger partial charge in [0.05, 0.1) is 6.04 Å². The molecule has 92 valence electrons. The lowest BCUT2D eigenvalue weighted by molar-refractivity contribution is 0.476.